The number of nitriles is 1. The zero-order valence-electron chi connectivity index (χ0n) is 21.4. The quantitative estimate of drug-likeness (QED) is 0.394. The molecule has 11 heteroatoms. The molecule has 196 valence electrons. The second-order valence-corrected chi connectivity index (χ2v) is 10.5. The number of pyridine rings is 2. The maximum Gasteiger partial charge on any atom is 0.267 e. The number of nitrogens with one attached hydrogen (secondary N) is 1. The van der Waals surface area contributed by atoms with E-state index >= 15 is 0 Å². The minimum Gasteiger partial charge on any atom is -0.377 e. The van der Waals surface area contributed by atoms with Gasteiger partial charge in [0, 0.05) is 52.8 Å². The van der Waals surface area contributed by atoms with E-state index in [1.165, 1.54) is 6.20 Å². The molecule has 1 amide bonds. The molecule has 10 nitrogen and oxygen atoms in total. The SMILES string of the molecule is CC(C)(C#N)c1ccnc(C(N)=O)c1-c1ccc(Cl)c(-c2cc3cnc(=NC4COC4)nc-3n3c2NCC3)c1. The maximum absolute atomic E-state index is 12.4. The van der Waals surface area contributed by atoms with Crippen LogP contribution in [0.3, 0.4) is 0 Å². The predicted octanol–water partition coefficient (Wildman–Crippen LogP) is 3.39. The second kappa shape index (κ2) is 9.45. The molecule has 39 heavy (non-hydrogen) atoms. The molecule has 1 fully saturated rings. The molecule has 3 N–H and O–H groups in total. The monoisotopic (exact) mass is 540 g/mol. The van der Waals surface area contributed by atoms with E-state index in [1.54, 1.807) is 32.2 Å². The highest BCUT2D eigenvalue weighted by Crippen LogP contribution is 2.43. The zero-order valence-corrected chi connectivity index (χ0v) is 22.2. The van der Waals surface area contributed by atoms with E-state index in [0.717, 1.165) is 41.4 Å². The number of carbonyl (C=O) groups excluding carboxylic acids is 1. The molecule has 0 aliphatic carbocycles. The van der Waals surface area contributed by atoms with E-state index in [9.17, 15) is 10.1 Å². The Balaban J connectivity index is 1.56. The zero-order chi connectivity index (χ0) is 27.3. The highest BCUT2D eigenvalue weighted by molar-refractivity contribution is 6.33. The lowest BCUT2D eigenvalue weighted by atomic mass is 9.80. The van der Waals surface area contributed by atoms with Crippen LogP contribution in [0.25, 0.3) is 33.6 Å². The van der Waals surface area contributed by atoms with Crippen LogP contribution >= 0.6 is 11.6 Å². The Morgan fingerprint density at radius 1 is 1.23 bits per heavy atom. The highest BCUT2D eigenvalue weighted by Gasteiger charge is 2.29. The van der Waals surface area contributed by atoms with Crippen LogP contribution in [0.5, 0.6) is 0 Å². The molecular formula is C28H25ClN8O2. The number of nitrogens with two attached hydrogens (primary N) is 1. The molecule has 5 heterocycles. The highest BCUT2D eigenvalue weighted by atomic mass is 35.5. The van der Waals surface area contributed by atoms with Crippen molar-refractivity contribution >= 4 is 23.3 Å². The third-order valence-electron chi connectivity index (χ3n) is 7.09. The first-order valence-electron chi connectivity index (χ1n) is 12.5. The Morgan fingerprint density at radius 3 is 2.74 bits per heavy atom. The van der Waals surface area contributed by atoms with Crippen molar-refractivity contribution in [3.8, 4) is 39.7 Å². The van der Waals surface area contributed by atoms with Gasteiger partial charge in [-0.2, -0.15) is 10.2 Å². The predicted molar refractivity (Wildman–Crippen MR) is 146 cm³/mol. The molecule has 0 bridgehead atoms. The van der Waals surface area contributed by atoms with E-state index in [1.807, 2.05) is 18.2 Å². The van der Waals surface area contributed by atoms with Crippen molar-refractivity contribution in [1.82, 2.24) is 19.5 Å². The first-order valence-corrected chi connectivity index (χ1v) is 12.9. The van der Waals surface area contributed by atoms with Crippen LogP contribution in [-0.4, -0.2) is 51.2 Å². The van der Waals surface area contributed by atoms with Gasteiger partial charge < -0.3 is 20.4 Å². The number of halogens is 1. The second-order valence-electron chi connectivity index (χ2n) is 10.1. The van der Waals surface area contributed by atoms with Crippen molar-refractivity contribution < 1.29 is 9.53 Å². The van der Waals surface area contributed by atoms with Gasteiger partial charge in [0.2, 0.25) is 5.62 Å². The number of fused-ring (bicyclic) bond motifs is 3. The topological polar surface area (TPSA) is 144 Å². The van der Waals surface area contributed by atoms with Crippen molar-refractivity contribution in [2.45, 2.75) is 31.8 Å². The summed E-state index contributed by atoms with van der Waals surface area (Å²) in [6, 6.07) is 11.7. The van der Waals surface area contributed by atoms with Gasteiger partial charge in [-0.05, 0) is 49.2 Å². The number of anilines is 1. The number of ether oxygens (including phenoxy) is 1. The van der Waals surface area contributed by atoms with Gasteiger partial charge in [-0.3, -0.25) is 9.78 Å². The number of carbonyl (C=O) groups is 1. The number of amides is 1. The van der Waals surface area contributed by atoms with E-state index in [0.29, 0.717) is 40.5 Å². The minimum absolute atomic E-state index is 0.0908. The smallest absolute Gasteiger partial charge is 0.267 e. The van der Waals surface area contributed by atoms with Gasteiger partial charge in [-0.15, -0.1) is 0 Å². The summed E-state index contributed by atoms with van der Waals surface area (Å²) in [4.78, 5) is 30.4. The minimum atomic E-state index is -0.893. The normalized spacial score (nSPS) is 15.5. The van der Waals surface area contributed by atoms with E-state index in [2.05, 4.69) is 30.9 Å². The van der Waals surface area contributed by atoms with Gasteiger partial charge in [0.15, 0.2) is 0 Å². The first-order chi connectivity index (χ1) is 18.8. The summed E-state index contributed by atoms with van der Waals surface area (Å²) in [5.74, 6) is 0.978. The number of primary amides is 1. The van der Waals surface area contributed by atoms with Gasteiger partial charge in [0.25, 0.3) is 5.91 Å². The molecule has 6 rings (SSSR count). The van der Waals surface area contributed by atoms with Gasteiger partial charge in [0.1, 0.15) is 23.4 Å². The average molecular weight is 541 g/mol. The summed E-state index contributed by atoms with van der Waals surface area (Å²) < 4.78 is 7.32. The molecule has 1 aromatic carbocycles. The van der Waals surface area contributed by atoms with E-state index < -0.39 is 11.3 Å². The number of hydrogen-bond donors (Lipinski definition) is 2. The standard InChI is InChI=1S/C28H25ClN8O2/c1-28(2,14-30)20-5-6-32-23(24(31)38)22(20)15-3-4-21(29)18(9-15)19-10-16-11-34-27(35-17-12-39-13-17)36-25(16)37-8-7-33-26(19)37/h3-6,9-11,17,33H,7-8,12-13H2,1-2H3,(H2,31,38). The Hall–Kier alpha value is -4.33. The van der Waals surface area contributed by atoms with Crippen LogP contribution in [0.4, 0.5) is 5.82 Å². The van der Waals surface area contributed by atoms with Crippen molar-refractivity contribution in [2.75, 3.05) is 25.1 Å². The molecule has 0 saturated carbocycles. The molecule has 0 spiro atoms. The third kappa shape index (κ3) is 4.30. The fourth-order valence-electron chi connectivity index (χ4n) is 5.00. The summed E-state index contributed by atoms with van der Waals surface area (Å²) in [5, 5.41) is 13.9. The molecule has 0 radical (unpaired) electrons. The van der Waals surface area contributed by atoms with Crippen LogP contribution in [0, 0.1) is 11.3 Å². The van der Waals surface area contributed by atoms with Crippen molar-refractivity contribution in [2.24, 2.45) is 10.7 Å². The molecule has 4 aliphatic rings. The molecule has 2 aromatic rings. The lowest BCUT2D eigenvalue weighted by molar-refractivity contribution is 0.0112. The van der Waals surface area contributed by atoms with Crippen LogP contribution in [-0.2, 0) is 16.7 Å². The molecule has 1 aromatic heterocycles. The number of aromatic nitrogens is 4. The number of rotatable bonds is 5. The van der Waals surface area contributed by atoms with Crippen molar-refractivity contribution in [3.05, 3.63) is 64.6 Å². The average Bonchev–Trinajstić information content (AvgIpc) is 3.41. The summed E-state index contributed by atoms with van der Waals surface area (Å²) in [6.07, 6.45) is 3.28. The van der Waals surface area contributed by atoms with Crippen molar-refractivity contribution in [3.63, 3.8) is 0 Å². The molecular weight excluding hydrogens is 516 g/mol. The Morgan fingerprint density at radius 2 is 2.03 bits per heavy atom. The van der Waals surface area contributed by atoms with Gasteiger partial charge in [-0.1, -0.05) is 17.7 Å². The van der Waals surface area contributed by atoms with Crippen LogP contribution in [0.2, 0.25) is 5.02 Å². The molecule has 0 unspecified atom stereocenters. The number of hydrogen-bond acceptors (Lipinski definition) is 8. The molecule has 4 aliphatic heterocycles. The van der Waals surface area contributed by atoms with Crippen molar-refractivity contribution in [1.29, 1.82) is 5.26 Å². The maximum atomic E-state index is 12.4. The van der Waals surface area contributed by atoms with Crippen LogP contribution in [0.1, 0.15) is 29.9 Å². The fourth-order valence-corrected chi connectivity index (χ4v) is 5.22. The summed E-state index contributed by atoms with van der Waals surface area (Å²) in [6.45, 7) is 6.21. The van der Waals surface area contributed by atoms with Gasteiger partial charge in [0.05, 0.1) is 24.7 Å². The summed E-state index contributed by atoms with van der Waals surface area (Å²) in [5.41, 5.74) is 9.66. The van der Waals surface area contributed by atoms with Crippen LogP contribution in [0.15, 0.2) is 47.7 Å². The number of benzene rings is 1. The fraction of sp³-hybridized carbons (Fsp3) is 0.286. The Labute approximate surface area is 229 Å². The molecule has 1 saturated heterocycles. The summed E-state index contributed by atoms with van der Waals surface area (Å²) in [7, 11) is 0. The first kappa shape index (κ1) is 25.0. The third-order valence-corrected chi connectivity index (χ3v) is 7.42. The largest absolute Gasteiger partial charge is 0.377 e. The van der Waals surface area contributed by atoms with Gasteiger partial charge >= 0.3 is 0 Å². The molecule has 0 atom stereocenters. The summed E-state index contributed by atoms with van der Waals surface area (Å²) >= 11 is 6.78. The van der Waals surface area contributed by atoms with Crippen LogP contribution < -0.4 is 16.7 Å². The Bertz CT molecular complexity index is 1720. The van der Waals surface area contributed by atoms with E-state index in [4.69, 9.17) is 27.1 Å². The lowest BCUT2D eigenvalue weighted by Crippen LogP contribution is -2.34. The van der Waals surface area contributed by atoms with E-state index in [-0.39, 0.29) is 11.7 Å². The lowest BCUT2D eigenvalue weighted by Gasteiger charge is -2.23. The number of nitrogens with zero attached hydrogens (tertiary/aromatic N) is 6. The Kier molecular flexibility index (Phi) is 6.05. The van der Waals surface area contributed by atoms with Gasteiger partial charge in [-0.25, -0.2) is 9.98 Å².